The summed E-state index contributed by atoms with van der Waals surface area (Å²) >= 11 is 0. The number of benzene rings is 2. The molecule has 0 amide bonds. The minimum Gasteiger partial charge on any atom is -0.207 e. The SMILES string of the molecule is CP(c1ccccc1)c1cc(F)cc(F)c1. The third kappa shape index (κ3) is 2.45. The van der Waals surface area contributed by atoms with Gasteiger partial charge in [0.2, 0.25) is 0 Å². The van der Waals surface area contributed by atoms with E-state index in [0.29, 0.717) is 0 Å². The third-order valence-electron chi connectivity index (χ3n) is 2.38. The Morgan fingerprint density at radius 2 is 1.38 bits per heavy atom. The Morgan fingerprint density at radius 3 is 1.94 bits per heavy atom. The molecule has 0 aliphatic heterocycles. The molecule has 0 bridgehead atoms. The Hall–Kier alpha value is -1.27. The van der Waals surface area contributed by atoms with Crippen LogP contribution in [0.1, 0.15) is 0 Å². The Bertz CT molecular complexity index is 462. The lowest BCUT2D eigenvalue weighted by Crippen LogP contribution is -2.11. The average Bonchev–Trinajstić information content (AvgIpc) is 2.28. The van der Waals surface area contributed by atoms with Gasteiger partial charge in [0.25, 0.3) is 0 Å². The van der Waals surface area contributed by atoms with E-state index in [9.17, 15) is 8.78 Å². The van der Waals surface area contributed by atoms with Crippen LogP contribution in [0.4, 0.5) is 8.78 Å². The summed E-state index contributed by atoms with van der Waals surface area (Å²) in [5, 5.41) is 1.83. The summed E-state index contributed by atoms with van der Waals surface area (Å²) in [6.45, 7) is 2.00. The van der Waals surface area contributed by atoms with Gasteiger partial charge < -0.3 is 0 Å². The second-order valence-corrected chi connectivity index (χ2v) is 5.67. The molecule has 0 spiro atoms. The highest BCUT2D eigenvalue weighted by atomic mass is 31.1. The molecule has 3 heteroatoms. The second kappa shape index (κ2) is 4.71. The van der Waals surface area contributed by atoms with Crippen molar-refractivity contribution < 1.29 is 8.78 Å². The fourth-order valence-electron chi connectivity index (χ4n) is 1.53. The van der Waals surface area contributed by atoms with Gasteiger partial charge in [-0.15, -0.1) is 0 Å². The lowest BCUT2D eigenvalue weighted by atomic mass is 10.3. The molecule has 0 N–H and O–H groups in total. The molecule has 0 saturated heterocycles. The Balaban J connectivity index is 2.37. The van der Waals surface area contributed by atoms with Gasteiger partial charge in [0, 0.05) is 6.07 Å². The molecule has 0 fully saturated rings. The standard InChI is InChI=1S/C13H11F2P/c1-16(12-5-3-2-4-6-12)13-8-10(14)7-11(15)9-13/h2-9H,1H3. The van der Waals surface area contributed by atoms with Crippen molar-refractivity contribution in [2.24, 2.45) is 0 Å². The fraction of sp³-hybridized carbons (Fsp3) is 0.0769. The highest BCUT2D eigenvalue weighted by Gasteiger charge is 2.09. The molecule has 0 saturated carbocycles. The molecule has 0 aliphatic rings. The zero-order valence-corrected chi connectivity index (χ0v) is 9.72. The molecule has 82 valence electrons. The highest BCUT2D eigenvalue weighted by Crippen LogP contribution is 2.28. The summed E-state index contributed by atoms with van der Waals surface area (Å²) < 4.78 is 26.1. The minimum atomic E-state index is -0.683. The van der Waals surface area contributed by atoms with E-state index >= 15 is 0 Å². The van der Waals surface area contributed by atoms with E-state index in [4.69, 9.17) is 0 Å². The van der Waals surface area contributed by atoms with Crippen LogP contribution in [0.3, 0.4) is 0 Å². The van der Waals surface area contributed by atoms with Crippen LogP contribution >= 0.6 is 7.92 Å². The van der Waals surface area contributed by atoms with E-state index in [1.165, 1.54) is 12.1 Å². The first-order valence-electron chi connectivity index (χ1n) is 4.92. The molecule has 0 aromatic heterocycles. The van der Waals surface area contributed by atoms with Gasteiger partial charge in [0.15, 0.2) is 0 Å². The molecule has 1 unspecified atom stereocenters. The van der Waals surface area contributed by atoms with Crippen molar-refractivity contribution in [3.8, 4) is 0 Å². The normalized spacial score (nSPS) is 12.4. The minimum absolute atomic E-state index is 0.514. The lowest BCUT2D eigenvalue weighted by Gasteiger charge is -2.12. The van der Waals surface area contributed by atoms with Crippen LogP contribution in [0.2, 0.25) is 0 Å². The van der Waals surface area contributed by atoms with E-state index in [1.54, 1.807) is 0 Å². The van der Waals surface area contributed by atoms with Gasteiger partial charge in [0.05, 0.1) is 0 Å². The van der Waals surface area contributed by atoms with Crippen molar-refractivity contribution in [1.82, 2.24) is 0 Å². The van der Waals surface area contributed by atoms with Crippen molar-refractivity contribution in [3.63, 3.8) is 0 Å². The first kappa shape index (κ1) is 11.2. The van der Waals surface area contributed by atoms with Crippen molar-refractivity contribution in [3.05, 3.63) is 60.2 Å². The van der Waals surface area contributed by atoms with Crippen molar-refractivity contribution in [2.75, 3.05) is 6.66 Å². The van der Waals surface area contributed by atoms with Gasteiger partial charge >= 0.3 is 0 Å². The van der Waals surface area contributed by atoms with Crippen LogP contribution in [-0.4, -0.2) is 6.66 Å². The van der Waals surface area contributed by atoms with Crippen molar-refractivity contribution in [2.45, 2.75) is 0 Å². The maximum atomic E-state index is 13.1. The van der Waals surface area contributed by atoms with E-state index in [2.05, 4.69) is 0 Å². The number of rotatable bonds is 2. The number of hydrogen-bond acceptors (Lipinski definition) is 0. The van der Waals surface area contributed by atoms with Crippen molar-refractivity contribution >= 4 is 18.5 Å². The van der Waals surface area contributed by atoms with E-state index < -0.39 is 19.6 Å². The predicted molar refractivity (Wildman–Crippen MR) is 64.9 cm³/mol. The van der Waals surface area contributed by atoms with E-state index in [1.807, 2.05) is 37.0 Å². The molecule has 0 radical (unpaired) electrons. The van der Waals surface area contributed by atoms with E-state index in [-0.39, 0.29) is 0 Å². The zero-order chi connectivity index (χ0) is 11.5. The monoisotopic (exact) mass is 236 g/mol. The highest BCUT2D eigenvalue weighted by molar-refractivity contribution is 7.72. The molecular formula is C13H11F2P. The van der Waals surface area contributed by atoms with Gasteiger partial charge in [0.1, 0.15) is 11.6 Å². The Kier molecular flexibility index (Phi) is 3.31. The van der Waals surface area contributed by atoms with E-state index in [0.717, 1.165) is 16.7 Å². The predicted octanol–water partition coefficient (Wildman–Crippen LogP) is 3.03. The van der Waals surface area contributed by atoms with Gasteiger partial charge in [-0.1, -0.05) is 30.3 Å². The molecule has 2 aromatic carbocycles. The number of halogens is 2. The Labute approximate surface area is 94.7 Å². The van der Waals surface area contributed by atoms with Crippen LogP contribution in [-0.2, 0) is 0 Å². The molecular weight excluding hydrogens is 225 g/mol. The summed E-state index contributed by atoms with van der Waals surface area (Å²) in [7, 11) is -0.683. The molecule has 0 aliphatic carbocycles. The van der Waals surface area contributed by atoms with Crippen molar-refractivity contribution in [1.29, 1.82) is 0 Å². The molecule has 16 heavy (non-hydrogen) atoms. The maximum absolute atomic E-state index is 13.1. The zero-order valence-electron chi connectivity index (χ0n) is 8.82. The first-order chi connectivity index (χ1) is 7.66. The van der Waals surface area contributed by atoms with Crippen LogP contribution in [0.25, 0.3) is 0 Å². The fourth-order valence-corrected chi connectivity index (χ4v) is 3.09. The quantitative estimate of drug-likeness (QED) is 0.703. The largest absolute Gasteiger partial charge is 0.207 e. The third-order valence-corrected chi connectivity index (χ3v) is 4.48. The Morgan fingerprint density at radius 1 is 0.812 bits per heavy atom. The molecule has 2 aromatic rings. The summed E-state index contributed by atoms with van der Waals surface area (Å²) in [6, 6.07) is 13.5. The van der Waals surface area contributed by atoms with Gasteiger partial charge in [-0.2, -0.15) is 0 Å². The summed E-state index contributed by atoms with van der Waals surface area (Å²) in [4.78, 5) is 0. The second-order valence-electron chi connectivity index (χ2n) is 3.52. The first-order valence-corrected chi connectivity index (χ1v) is 6.70. The molecule has 0 nitrogen and oxygen atoms in total. The van der Waals surface area contributed by atoms with Crippen LogP contribution in [0.15, 0.2) is 48.5 Å². The van der Waals surface area contributed by atoms with Crippen LogP contribution in [0, 0.1) is 11.6 Å². The summed E-state index contributed by atoms with van der Waals surface area (Å²) in [5.41, 5.74) is 0. The van der Waals surface area contributed by atoms with Gasteiger partial charge in [-0.3, -0.25) is 0 Å². The van der Waals surface area contributed by atoms with Gasteiger partial charge in [-0.25, -0.2) is 8.78 Å². The molecule has 2 rings (SSSR count). The molecule has 1 atom stereocenters. The number of hydrogen-bond donors (Lipinski definition) is 0. The summed E-state index contributed by atoms with van der Waals surface area (Å²) in [6.07, 6.45) is 0. The average molecular weight is 236 g/mol. The van der Waals surface area contributed by atoms with Crippen LogP contribution < -0.4 is 10.6 Å². The lowest BCUT2D eigenvalue weighted by molar-refractivity contribution is 0.585. The van der Waals surface area contributed by atoms with Crippen LogP contribution in [0.5, 0.6) is 0 Å². The topological polar surface area (TPSA) is 0 Å². The van der Waals surface area contributed by atoms with Gasteiger partial charge in [-0.05, 0) is 37.3 Å². The summed E-state index contributed by atoms with van der Waals surface area (Å²) in [5.74, 6) is -1.03. The molecule has 0 heterocycles. The maximum Gasteiger partial charge on any atom is 0.126 e. The smallest absolute Gasteiger partial charge is 0.126 e.